The predicted molar refractivity (Wildman–Crippen MR) is 81.8 cm³/mol. The zero-order valence-electron chi connectivity index (χ0n) is 10.9. The molecule has 0 fully saturated rings. The molecule has 106 valence electrons. The minimum absolute atomic E-state index is 0.176. The molecular weight excluding hydrogens is 338 g/mol. The van der Waals surface area contributed by atoms with Crippen LogP contribution in [0.5, 0.6) is 0 Å². The number of halogens is 3. The van der Waals surface area contributed by atoms with E-state index in [1.807, 2.05) is 30.3 Å². The molecule has 2 aromatic carbocycles. The molecule has 3 aromatic rings. The maximum atomic E-state index is 14.1. The van der Waals surface area contributed by atoms with Gasteiger partial charge in [-0.2, -0.15) is 0 Å². The number of hydrogen-bond acceptors (Lipinski definition) is 2. The van der Waals surface area contributed by atoms with Crippen molar-refractivity contribution in [2.45, 2.75) is 6.04 Å². The summed E-state index contributed by atoms with van der Waals surface area (Å²) in [6.45, 7) is 0. The van der Waals surface area contributed by atoms with Gasteiger partial charge in [-0.1, -0.05) is 24.3 Å². The van der Waals surface area contributed by atoms with Crippen LogP contribution >= 0.6 is 15.9 Å². The third kappa shape index (κ3) is 2.54. The van der Waals surface area contributed by atoms with Crippen LogP contribution in [-0.2, 0) is 0 Å². The van der Waals surface area contributed by atoms with Gasteiger partial charge < -0.3 is 5.73 Å². The zero-order chi connectivity index (χ0) is 15.0. The number of rotatable bonds is 2. The second-order valence-electron chi connectivity index (χ2n) is 4.66. The third-order valence-electron chi connectivity index (χ3n) is 3.33. The van der Waals surface area contributed by atoms with Gasteiger partial charge in [-0.3, -0.25) is 4.98 Å². The van der Waals surface area contributed by atoms with E-state index in [1.165, 1.54) is 12.1 Å². The molecule has 2 nitrogen and oxygen atoms in total. The van der Waals surface area contributed by atoms with Crippen LogP contribution in [0.2, 0.25) is 0 Å². The zero-order valence-corrected chi connectivity index (χ0v) is 12.4. The predicted octanol–water partition coefficient (Wildman–Crippen LogP) is 4.32. The van der Waals surface area contributed by atoms with Crippen LogP contribution in [0.15, 0.2) is 53.0 Å². The van der Waals surface area contributed by atoms with E-state index in [-0.39, 0.29) is 10.0 Å². The average Bonchev–Trinajstić information content (AvgIpc) is 2.51. The summed E-state index contributed by atoms with van der Waals surface area (Å²) < 4.78 is 28.2. The SMILES string of the molecule is NC(c1ccc2ccccc2n1)c1c(F)ccc(Br)c1F. The van der Waals surface area contributed by atoms with E-state index in [0.717, 1.165) is 10.9 Å². The van der Waals surface area contributed by atoms with Crippen LogP contribution in [0.1, 0.15) is 17.3 Å². The monoisotopic (exact) mass is 348 g/mol. The van der Waals surface area contributed by atoms with Gasteiger partial charge in [0.1, 0.15) is 11.6 Å². The van der Waals surface area contributed by atoms with Gasteiger partial charge in [0, 0.05) is 10.9 Å². The fourth-order valence-electron chi connectivity index (χ4n) is 2.23. The van der Waals surface area contributed by atoms with Gasteiger partial charge in [0.15, 0.2) is 0 Å². The molecule has 0 aliphatic carbocycles. The fraction of sp³-hybridized carbons (Fsp3) is 0.0625. The molecule has 0 aliphatic heterocycles. The molecule has 0 bridgehead atoms. The highest BCUT2D eigenvalue weighted by Gasteiger charge is 2.21. The first kappa shape index (κ1) is 14.1. The van der Waals surface area contributed by atoms with Gasteiger partial charge in [-0.15, -0.1) is 0 Å². The molecule has 0 aliphatic rings. The first-order valence-electron chi connectivity index (χ1n) is 6.32. The Morgan fingerprint density at radius 2 is 1.76 bits per heavy atom. The Labute approximate surface area is 128 Å². The Bertz CT molecular complexity index is 820. The van der Waals surface area contributed by atoms with Crippen molar-refractivity contribution < 1.29 is 8.78 Å². The first-order chi connectivity index (χ1) is 10.1. The van der Waals surface area contributed by atoms with Crippen LogP contribution in [0.4, 0.5) is 8.78 Å². The summed E-state index contributed by atoms with van der Waals surface area (Å²) in [4.78, 5) is 4.39. The van der Waals surface area contributed by atoms with Gasteiger partial charge in [0.2, 0.25) is 0 Å². The second kappa shape index (κ2) is 5.50. The number of hydrogen-bond donors (Lipinski definition) is 1. The van der Waals surface area contributed by atoms with Crippen molar-refractivity contribution in [1.82, 2.24) is 4.98 Å². The Morgan fingerprint density at radius 1 is 1.00 bits per heavy atom. The Balaban J connectivity index is 2.12. The maximum Gasteiger partial charge on any atom is 0.145 e. The summed E-state index contributed by atoms with van der Waals surface area (Å²) in [7, 11) is 0. The van der Waals surface area contributed by atoms with E-state index in [0.29, 0.717) is 5.69 Å². The van der Waals surface area contributed by atoms with Crippen molar-refractivity contribution in [2.24, 2.45) is 5.73 Å². The van der Waals surface area contributed by atoms with Crippen LogP contribution < -0.4 is 5.73 Å². The van der Waals surface area contributed by atoms with E-state index in [2.05, 4.69) is 20.9 Å². The molecule has 1 atom stereocenters. The molecule has 0 saturated carbocycles. The summed E-state index contributed by atoms with van der Waals surface area (Å²) in [5, 5.41) is 0.948. The van der Waals surface area contributed by atoms with Gasteiger partial charge >= 0.3 is 0 Å². The number of benzene rings is 2. The normalized spacial score (nSPS) is 12.6. The second-order valence-corrected chi connectivity index (χ2v) is 5.52. The van der Waals surface area contributed by atoms with Crippen molar-refractivity contribution in [3.8, 4) is 0 Å². The highest BCUT2D eigenvalue weighted by molar-refractivity contribution is 9.10. The number of fused-ring (bicyclic) bond motifs is 1. The molecule has 1 aromatic heterocycles. The summed E-state index contributed by atoms with van der Waals surface area (Å²) >= 11 is 3.04. The molecule has 3 rings (SSSR count). The fourth-order valence-corrected chi connectivity index (χ4v) is 2.58. The summed E-state index contributed by atoms with van der Waals surface area (Å²) in [6, 6.07) is 12.6. The van der Waals surface area contributed by atoms with Crippen molar-refractivity contribution in [2.75, 3.05) is 0 Å². The number of nitrogens with two attached hydrogens (primary N) is 1. The van der Waals surface area contributed by atoms with Crippen LogP contribution in [0, 0.1) is 11.6 Å². The van der Waals surface area contributed by atoms with Gasteiger partial charge in [-0.25, -0.2) is 8.78 Å². The molecule has 2 N–H and O–H groups in total. The number of aromatic nitrogens is 1. The minimum atomic E-state index is -0.966. The van der Waals surface area contributed by atoms with Crippen molar-refractivity contribution in [1.29, 1.82) is 0 Å². The van der Waals surface area contributed by atoms with E-state index >= 15 is 0 Å². The Kier molecular flexibility index (Phi) is 3.69. The van der Waals surface area contributed by atoms with Gasteiger partial charge in [0.05, 0.1) is 21.7 Å². The molecule has 0 amide bonds. The molecule has 0 radical (unpaired) electrons. The smallest absolute Gasteiger partial charge is 0.145 e. The molecule has 0 saturated heterocycles. The Hall–Kier alpha value is -1.85. The van der Waals surface area contributed by atoms with Crippen LogP contribution in [0.25, 0.3) is 10.9 Å². The van der Waals surface area contributed by atoms with Gasteiger partial charge in [-0.05, 0) is 40.2 Å². The molecule has 5 heteroatoms. The van der Waals surface area contributed by atoms with E-state index in [4.69, 9.17) is 5.73 Å². The lowest BCUT2D eigenvalue weighted by Gasteiger charge is -2.15. The molecule has 0 spiro atoms. The van der Waals surface area contributed by atoms with Crippen molar-refractivity contribution in [3.63, 3.8) is 0 Å². The molecule has 21 heavy (non-hydrogen) atoms. The van der Waals surface area contributed by atoms with Crippen molar-refractivity contribution in [3.05, 3.63) is 75.9 Å². The van der Waals surface area contributed by atoms with Crippen LogP contribution in [-0.4, -0.2) is 4.98 Å². The lowest BCUT2D eigenvalue weighted by molar-refractivity contribution is 0.537. The first-order valence-corrected chi connectivity index (χ1v) is 7.12. The third-order valence-corrected chi connectivity index (χ3v) is 3.94. The minimum Gasteiger partial charge on any atom is -0.319 e. The molecule has 1 unspecified atom stereocenters. The summed E-state index contributed by atoms with van der Waals surface area (Å²) in [5.41, 5.74) is 6.98. The topological polar surface area (TPSA) is 38.9 Å². The average molecular weight is 349 g/mol. The van der Waals surface area contributed by atoms with Crippen LogP contribution in [0.3, 0.4) is 0 Å². The van der Waals surface area contributed by atoms with E-state index < -0.39 is 17.7 Å². The maximum absolute atomic E-state index is 14.1. The standard InChI is InChI=1S/C16H11BrF2N2/c17-10-6-7-11(18)14(15(10)19)16(20)13-8-5-9-3-1-2-4-12(9)21-13/h1-8,16H,20H2. The van der Waals surface area contributed by atoms with E-state index in [1.54, 1.807) is 6.07 Å². The molecular formula is C16H11BrF2N2. The largest absolute Gasteiger partial charge is 0.319 e. The lowest BCUT2D eigenvalue weighted by atomic mass is 10.0. The quantitative estimate of drug-likeness (QED) is 0.700. The highest BCUT2D eigenvalue weighted by Crippen LogP contribution is 2.29. The number of pyridine rings is 1. The molecule has 1 heterocycles. The van der Waals surface area contributed by atoms with E-state index in [9.17, 15) is 8.78 Å². The number of nitrogens with zero attached hydrogens (tertiary/aromatic N) is 1. The summed E-state index contributed by atoms with van der Waals surface area (Å²) in [6.07, 6.45) is 0. The number of para-hydroxylation sites is 1. The Morgan fingerprint density at radius 3 is 2.57 bits per heavy atom. The van der Waals surface area contributed by atoms with Crippen molar-refractivity contribution >= 4 is 26.8 Å². The lowest BCUT2D eigenvalue weighted by Crippen LogP contribution is -2.17. The highest BCUT2D eigenvalue weighted by atomic mass is 79.9. The summed E-state index contributed by atoms with van der Waals surface area (Å²) in [5.74, 6) is -1.38. The van der Waals surface area contributed by atoms with Gasteiger partial charge in [0.25, 0.3) is 0 Å².